The maximum atomic E-state index is 13.5. The van der Waals surface area contributed by atoms with Crippen LogP contribution in [-0.4, -0.2) is 37.2 Å². The van der Waals surface area contributed by atoms with E-state index < -0.39 is 41.5 Å². The van der Waals surface area contributed by atoms with Crippen LogP contribution in [0.3, 0.4) is 0 Å². The van der Waals surface area contributed by atoms with Crippen molar-refractivity contribution in [3.05, 3.63) is 34.9 Å². The number of hydrogen-bond acceptors (Lipinski definition) is 5. The summed E-state index contributed by atoms with van der Waals surface area (Å²) in [5.74, 6) is -1.45. The Bertz CT molecular complexity index is 746. The van der Waals surface area contributed by atoms with Crippen LogP contribution in [0.5, 0.6) is 0 Å². The molecule has 1 fully saturated rings. The number of rotatable bonds is 2. The van der Waals surface area contributed by atoms with E-state index in [0.29, 0.717) is 6.07 Å². The van der Waals surface area contributed by atoms with Crippen LogP contribution in [0.15, 0.2) is 23.3 Å². The van der Waals surface area contributed by atoms with Gasteiger partial charge in [-0.15, -0.1) is 0 Å². The number of hydrogen-bond donors (Lipinski definition) is 3. The first-order valence-electron chi connectivity index (χ1n) is 7.33. The van der Waals surface area contributed by atoms with Crippen LogP contribution < -0.4 is 16.3 Å². The second kappa shape index (κ2) is 6.43. The van der Waals surface area contributed by atoms with E-state index in [2.05, 4.69) is 15.3 Å². The first kappa shape index (κ1) is 18.5. The normalized spacial score (nSPS) is 24.1. The highest BCUT2D eigenvalue weighted by atomic mass is 19.4. The molecule has 0 bridgehead atoms. The minimum Gasteiger partial charge on any atom is -0.442 e. The second-order valence-electron chi connectivity index (χ2n) is 5.70. The summed E-state index contributed by atoms with van der Waals surface area (Å²) in [6.07, 6.45) is -10.4. The summed E-state index contributed by atoms with van der Waals surface area (Å²) >= 11 is 0. The fourth-order valence-electron chi connectivity index (χ4n) is 2.86. The standard InChI is InChI=1S/C14H12F6N4O2/c15-13(16,17)9-3-6(10-5-26-12(25)24-22-10)1-2-7(9)8-4-21-23-11(8)14(18,19)20/h1-3,8,11,21,23H,4-5H2,(H,24,25). The third-order valence-electron chi connectivity index (χ3n) is 4.05. The van der Waals surface area contributed by atoms with Crippen LogP contribution in [0.1, 0.15) is 22.6 Å². The van der Waals surface area contributed by atoms with Crippen LogP contribution in [0.2, 0.25) is 0 Å². The largest absolute Gasteiger partial charge is 0.442 e. The van der Waals surface area contributed by atoms with Gasteiger partial charge in [0, 0.05) is 18.0 Å². The number of ether oxygens (including phenoxy) is 1. The molecule has 2 aliphatic heterocycles. The molecule has 12 heteroatoms. The average Bonchev–Trinajstić information content (AvgIpc) is 3.04. The summed E-state index contributed by atoms with van der Waals surface area (Å²) in [7, 11) is 0. The Labute approximate surface area is 142 Å². The molecule has 0 spiro atoms. The minimum atomic E-state index is -4.87. The molecule has 3 N–H and O–H groups in total. The van der Waals surface area contributed by atoms with Crippen molar-refractivity contribution < 1.29 is 35.9 Å². The third-order valence-corrected chi connectivity index (χ3v) is 4.05. The molecule has 1 aromatic rings. The van der Waals surface area contributed by atoms with E-state index in [9.17, 15) is 31.1 Å². The number of hydrazine groups is 1. The number of hydrazone groups is 1. The molecule has 1 amide bonds. The molecule has 2 aliphatic rings. The Hall–Kier alpha value is -2.34. The van der Waals surface area contributed by atoms with Crippen molar-refractivity contribution in [2.24, 2.45) is 5.10 Å². The zero-order valence-corrected chi connectivity index (χ0v) is 12.8. The number of halogens is 6. The molecule has 1 saturated heterocycles. The van der Waals surface area contributed by atoms with E-state index >= 15 is 0 Å². The molecule has 0 saturated carbocycles. The van der Waals surface area contributed by atoms with Crippen molar-refractivity contribution in [2.75, 3.05) is 13.2 Å². The predicted octanol–water partition coefficient (Wildman–Crippen LogP) is 2.27. The highest BCUT2D eigenvalue weighted by Crippen LogP contribution is 2.40. The Morgan fingerprint density at radius 3 is 2.46 bits per heavy atom. The molecule has 0 aliphatic carbocycles. The van der Waals surface area contributed by atoms with Gasteiger partial charge in [0.25, 0.3) is 0 Å². The van der Waals surface area contributed by atoms with E-state index in [1.54, 1.807) is 0 Å². The van der Waals surface area contributed by atoms with Crippen LogP contribution in [0, 0.1) is 0 Å². The van der Waals surface area contributed by atoms with Crippen LogP contribution in [-0.2, 0) is 10.9 Å². The van der Waals surface area contributed by atoms with Crippen molar-refractivity contribution in [3.8, 4) is 0 Å². The van der Waals surface area contributed by atoms with Gasteiger partial charge in [-0.05, 0) is 11.6 Å². The lowest BCUT2D eigenvalue weighted by molar-refractivity contribution is -0.157. The summed E-state index contributed by atoms with van der Waals surface area (Å²) in [5, 5.41) is 3.61. The maximum Gasteiger partial charge on any atom is 0.428 e. The van der Waals surface area contributed by atoms with Gasteiger partial charge in [-0.3, -0.25) is 5.43 Å². The molecule has 142 valence electrons. The number of carbonyl (C=O) groups excluding carboxylic acids is 1. The van der Waals surface area contributed by atoms with E-state index in [0.717, 1.165) is 6.07 Å². The molecule has 6 nitrogen and oxygen atoms in total. The number of alkyl halides is 6. The zero-order valence-electron chi connectivity index (χ0n) is 12.8. The smallest absolute Gasteiger partial charge is 0.428 e. The molecule has 2 heterocycles. The summed E-state index contributed by atoms with van der Waals surface area (Å²) < 4.78 is 84.3. The lowest BCUT2D eigenvalue weighted by atomic mass is 9.87. The molecular formula is C14H12F6N4O2. The lowest BCUT2D eigenvalue weighted by Crippen LogP contribution is -2.43. The lowest BCUT2D eigenvalue weighted by Gasteiger charge is -2.25. The van der Waals surface area contributed by atoms with Crippen LogP contribution >= 0.6 is 0 Å². The number of nitrogens with zero attached hydrogens (tertiary/aromatic N) is 1. The van der Waals surface area contributed by atoms with E-state index in [1.807, 2.05) is 10.9 Å². The van der Waals surface area contributed by atoms with Crippen molar-refractivity contribution in [3.63, 3.8) is 0 Å². The fourth-order valence-corrected chi connectivity index (χ4v) is 2.86. The molecule has 0 radical (unpaired) electrons. The summed E-state index contributed by atoms with van der Waals surface area (Å²) in [6, 6.07) is 0.774. The Kier molecular flexibility index (Phi) is 4.56. The number of nitrogens with one attached hydrogen (secondary N) is 3. The van der Waals surface area contributed by atoms with E-state index in [-0.39, 0.29) is 24.4 Å². The summed E-state index contributed by atoms with van der Waals surface area (Å²) in [4.78, 5) is 10.9. The van der Waals surface area contributed by atoms with Gasteiger partial charge in [-0.1, -0.05) is 12.1 Å². The number of cyclic esters (lactones) is 1. The number of amides is 1. The van der Waals surface area contributed by atoms with Gasteiger partial charge < -0.3 is 4.74 Å². The quantitative estimate of drug-likeness (QED) is 0.687. The zero-order chi connectivity index (χ0) is 19.1. The van der Waals surface area contributed by atoms with Gasteiger partial charge in [0.2, 0.25) is 0 Å². The Morgan fingerprint density at radius 1 is 1.15 bits per heavy atom. The van der Waals surface area contributed by atoms with Crippen molar-refractivity contribution >= 4 is 11.8 Å². The van der Waals surface area contributed by atoms with Gasteiger partial charge in [0.15, 0.2) is 0 Å². The molecule has 26 heavy (non-hydrogen) atoms. The maximum absolute atomic E-state index is 13.5. The van der Waals surface area contributed by atoms with Crippen LogP contribution in [0.4, 0.5) is 31.1 Å². The predicted molar refractivity (Wildman–Crippen MR) is 76.2 cm³/mol. The Morgan fingerprint density at radius 2 is 1.88 bits per heavy atom. The summed E-state index contributed by atoms with van der Waals surface area (Å²) in [6.45, 7) is -0.660. The van der Waals surface area contributed by atoms with Crippen molar-refractivity contribution in [2.45, 2.75) is 24.3 Å². The SMILES string of the molecule is O=C1NN=C(c2ccc(C3CNNC3C(F)(F)F)c(C(F)(F)F)c2)CO1. The van der Waals surface area contributed by atoms with Gasteiger partial charge >= 0.3 is 18.4 Å². The molecule has 2 unspecified atom stereocenters. The first-order chi connectivity index (χ1) is 12.1. The van der Waals surface area contributed by atoms with Gasteiger partial charge in [0.1, 0.15) is 18.4 Å². The second-order valence-corrected chi connectivity index (χ2v) is 5.70. The molecule has 2 atom stereocenters. The molecule has 3 rings (SSSR count). The minimum absolute atomic E-state index is 0.0106. The topological polar surface area (TPSA) is 74.8 Å². The number of carbonyl (C=O) groups is 1. The highest BCUT2D eigenvalue weighted by Gasteiger charge is 2.50. The van der Waals surface area contributed by atoms with Crippen molar-refractivity contribution in [1.29, 1.82) is 0 Å². The van der Waals surface area contributed by atoms with Gasteiger partial charge in [-0.2, -0.15) is 31.4 Å². The first-order valence-corrected chi connectivity index (χ1v) is 7.33. The fraction of sp³-hybridized carbons (Fsp3) is 0.429. The monoisotopic (exact) mass is 382 g/mol. The Balaban J connectivity index is 2.02. The molecule has 1 aromatic carbocycles. The van der Waals surface area contributed by atoms with E-state index in [4.69, 9.17) is 0 Å². The van der Waals surface area contributed by atoms with Crippen molar-refractivity contribution in [1.82, 2.24) is 16.3 Å². The summed E-state index contributed by atoms with van der Waals surface area (Å²) in [5.41, 5.74) is 4.53. The molecule has 0 aromatic heterocycles. The van der Waals surface area contributed by atoms with Gasteiger partial charge in [-0.25, -0.2) is 15.6 Å². The molecular weight excluding hydrogens is 370 g/mol. The number of benzene rings is 1. The van der Waals surface area contributed by atoms with Gasteiger partial charge in [0.05, 0.1) is 5.56 Å². The third kappa shape index (κ3) is 3.60. The van der Waals surface area contributed by atoms with Crippen LogP contribution in [0.25, 0.3) is 0 Å². The van der Waals surface area contributed by atoms with E-state index in [1.165, 1.54) is 6.07 Å². The highest BCUT2D eigenvalue weighted by molar-refractivity contribution is 6.03. The average molecular weight is 382 g/mol.